The summed E-state index contributed by atoms with van der Waals surface area (Å²) in [7, 11) is 0. The molecule has 0 aromatic heterocycles. The fourth-order valence-electron chi connectivity index (χ4n) is 1.67. The standard InChI is InChI=1S/C17H18O/c1-15(12-13-16-8-4-2-5-9-16)18-14-17-10-6-3-7-11-17/h2-13,15H,14H2,1H3/b13-12+. The zero-order valence-electron chi connectivity index (χ0n) is 10.6. The van der Waals surface area contributed by atoms with Gasteiger partial charge in [-0.05, 0) is 18.1 Å². The summed E-state index contributed by atoms with van der Waals surface area (Å²) < 4.78 is 5.76. The molecule has 1 unspecified atom stereocenters. The van der Waals surface area contributed by atoms with Crippen LogP contribution in [0.1, 0.15) is 18.1 Å². The molecule has 2 aromatic rings. The van der Waals surface area contributed by atoms with Gasteiger partial charge < -0.3 is 4.74 Å². The van der Waals surface area contributed by atoms with Gasteiger partial charge in [0, 0.05) is 0 Å². The Bertz CT molecular complexity index is 473. The molecule has 0 amide bonds. The van der Waals surface area contributed by atoms with Crippen LogP contribution in [0.15, 0.2) is 66.7 Å². The fourth-order valence-corrected chi connectivity index (χ4v) is 1.67. The lowest BCUT2D eigenvalue weighted by Crippen LogP contribution is -2.04. The second kappa shape index (κ2) is 6.77. The molecule has 0 fully saturated rings. The fraction of sp³-hybridized carbons (Fsp3) is 0.176. The van der Waals surface area contributed by atoms with Crippen LogP contribution in [-0.4, -0.2) is 6.10 Å². The lowest BCUT2D eigenvalue weighted by molar-refractivity contribution is 0.0846. The molecule has 0 aliphatic rings. The van der Waals surface area contributed by atoms with Gasteiger partial charge in [0.1, 0.15) is 0 Å². The van der Waals surface area contributed by atoms with Crippen LogP contribution < -0.4 is 0 Å². The Morgan fingerprint density at radius 3 is 2.22 bits per heavy atom. The van der Waals surface area contributed by atoms with Gasteiger partial charge in [-0.25, -0.2) is 0 Å². The molecule has 0 aliphatic heterocycles. The normalized spacial score (nSPS) is 12.7. The maximum atomic E-state index is 5.76. The maximum absolute atomic E-state index is 5.76. The van der Waals surface area contributed by atoms with Crippen LogP contribution in [-0.2, 0) is 11.3 Å². The monoisotopic (exact) mass is 238 g/mol. The van der Waals surface area contributed by atoms with E-state index >= 15 is 0 Å². The van der Waals surface area contributed by atoms with E-state index < -0.39 is 0 Å². The third kappa shape index (κ3) is 4.19. The summed E-state index contributed by atoms with van der Waals surface area (Å²) in [5, 5.41) is 0. The van der Waals surface area contributed by atoms with E-state index in [-0.39, 0.29) is 6.10 Å². The molecule has 1 atom stereocenters. The molecule has 2 rings (SSSR count). The van der Waals surface area contributed by atoms with Crippen LogP contribution in [0.2, 0.25) is 0 Å². The first-order chi connectivity index (χ1) is 8.84. The van der Waals surface area contributed by atoms with Crippen LogP contribution in [0.5, 0.6) is 0 Å². The molecule has 0 radical (unpaired) electrons. The number of benzene rings is 2. The predicted molar refractivity (Wildman–Crippen MR) is 76.2 cm³/mol. The number of hydrogen-bond donors (Lipinski definition) is 0. The van der Waals surface area contributed by atoms with E-state index in [0.717, 1.165) is 0 Å². The van der Waals surface area contributed by atoms with Gasteiger partial charge in [0.2, 0.25) is 0 Å². The van der Waals surface area contributed by atoms with Gasteiger partial charge in [-0.3, -0.25) is 0 Å². The van der Waals surface area contributed by atoms with Crippen molar-refractivity contribution in [2.45, 2.75) is 19.6 Å². The van der Waals surface area contributed by atoms with Crippen LogP contribution in [0.3, 0.4) is 0 Å². The van der Waals surface area contributed by atoms with Crippen LogP contribution in [0.25, 0.3) is 6.08 Å². The minimum absolute atomic E-state index is 0.116. The van der Waals surface area contributed by atoms with Crippen LogP contribution in [0.4, 0.5) is 0 Å². The molecule has 0 saturated carbocycles. The maximum Gasteiger partial charge on any atom is 0.0735 e. The second-order valence-electron chi connectivity index (χ2n) is 4.27. The lowest BCUT2D eigenvalue weighted by atomic mass is 10.2. The van der Waals surface area contributed by atoms with Crippen molar-refractivity contribution in [1.82, 2.24) is 0 Å². The van der Waals surface area contributed by atoms with E-state index in [1.165, 1.54) is 11.1 Å². The van der Waals surface area contributed by atoms with Crippen LogP contribution >= 0.6 is 0 Å². The molecule has 92 valence electrons. The summed E-state index contributed by atoms with van der Waals surface area (Å²) in [6, 6.07) is 20.5. The van der Waals surface area contributed by atoms with E-state index in [2.05, 4.69) is 43.3 Å². The third-order valence-electron chi connectivity index (χ3n) is 2.71. The van der Waals surface area contributed by atoms with E-state index in [9.17, 15) is 0 Å². The molecule has 0 heterocycles. The van der Waals surface area contributed by atoms with Crippen molar-refractivity contribution in [3.05, 3.63) is 77.9 Å². The quantitative estimate of drug-likeness (QED) is 0.754. The molecular formula is C17H18O. The summed E-state index contributed by atoms with van der Waals surface area (Å²) in [4.78, 5) is 0. The predicted octanol–water partition coefficient (Wildman–Crippen LogP) is 4.31. The number of rotatable bonds is 5. The average molecular weight is 238 g/mol. The molecular weight excluding hydrogens is 220 g/mol. The summed E-state index contributed by atoms with van der Waals surface area (Å²) in [6.45, 7) is 2.71. The molecule has 1 heteroatoms. The zero-order chi connectivity index (χ0) is 12.6. The summed E-state index contributed by atoms with van der Waals surface area (Å²) in [5.41, 5.74) is 2.41. The molecule has 0 saturated heterocycles. The molecule has 0 aliphatic carbocycles. The first kappa shape index (κ1) is 12.6. The zero-order valence-corrected chi connectivity index (χ0v) is 10.6. The highest BCUT2D eigenvalue weighted by Crippen LogP contribution is 2.06. The minimum atomic E-state index is 0.116. The van der Waals surface area contributed by atoms with Crippen LogP contribution in [0, 0.1) is 0 Å². The number of hydrogen-bond acceptors (Lipinski definition) is 1. The van der Waals surface area contributed by atoms with Gasteiger partial charge in [0.05, 0.1) is 12.7 Å². The van der Waals surface area contributed by atoms with Gasteiger partial charge in [0.25, 0.3) is 0 Å². The summed E-state index contributed by atoms with van der Waals surface area (Å²) >= 11 is 0. The van der Waals surface area contributed by atoms with Crippen molar-refractivity contribution in [3.8, 4) is 0 Å². The average Bonchev–Trinajstić information content (AvgIpc) is 2.45. The van der Waals surface area contributed by atoms with Crippen molar-refractivity contribution in [1.29, 1.82) is 0 Å². The summed E-state index contributed by atoms with van der Waals surface area (Å²) in [5.74, 6) is 0. The highest BCUT2D eigenvalue weighted by atomic mass is 16.5. The lowest BCUT2D eigenvalue weighted by Gasteiger charge is -2.08. The summed E-state index contributed by atoms with van der Waals surface area (Å²) in [6.07, 6.45) is 4.29. The molecule has 0 spiro atoms. The minimum Gasteiger partial charge on any atom is -0.370 e. The van der Waals surface area contributed by atoms with Gasteiger partial charge >= 0.3 is 0 Å². The number of ether oxygens (including phenoxy) is 1. The largest absolute Gasteiger partial charge is 0.370 e. The Labute approximate surface area is 109 Å². The SMILES string of the molecule is CC(/C=C/c1ccccc1)OCc1ccccc1. The Morgan fingerprint density at radius 1 is 0.944 bits per heavy atom. The first-order valence-electron chi connectivity index (χ1n) is 6.23. The van der Waals surface area contributed by atoms with E-state index in [1.807, 2.05) is 36.4 Å². The molecule has 0 N–H and O–H groups in total. The van der Waals surface area contributed by atoms with E-state index in [0.29, 0.717) is 6.61 Å². The highest BCUT2D eigenvalue weighted by molar-refractivity contribution is 5.49. The van der Waals surface area contributed by atoms with Gasteiger partial charge in [-0.1, -0.05) is 72.8 Å². The van der Waals surface area contributed by atoms with Gasteiger partial charge in [-0.15, -0.1) is 0 Å². The van der Waals surface area contributed by atoms with Crippen molar-refractivity contribution >= 4 is 6.08 Å². The van der Waals surface area contributed by atoms with Crippen molar-refractivity contribution < 1.29 is 4.74 Å². The van der Waals surface area contributed by atoms with Gasteiger partial charge in [-0.2, -0.15) is 0 Å². The van der Waals surface area contributed by atoms with Crippen molar-refractivity contribution in [3.63, 3.8) is 0 Å². The highest BCUT2D eigenvalue weighted by Gasteiger charge is 1.97. The second-order valence-corrected chi connectivity index (χ2v) is 4.27. The third-order valence-corrected chi connectivity index (χ3v) is 2.71. The Hall–Kier alpha value is -1.86. The smallest absolute Gasteiger partial charge is 0.0735 e. The van der Waals surface area contributed by atoms with Crippen molar-refractivity contribution in [2.24, 2.45) is 0 Å². The topological polar surface area (TPSA) is 9.23 Å². The first-order valence-corrected chi connectivity index (χ1v) is 6.23. The van der Waals surface area contributed by atoms with E-state index in [1.54, 1.807) is 0 Å². The molecule has 1 nitrogen and oxygen atoms in total. The molecule has 0 bridgehead atoms. The molecule has 2 aromatic carbocycles. The Morgan fingerprint density at radius 2 is 1.56 bits per heavy atom. The van der Waals surface area contributed by atoms with Gasteiger partial charge in [0.15, 0.2) is 0 Å². The van der Waals surface area contributed by atoms with E-state index in [4.69, 9.17) is 4.74 Å². The Kier molecular flexibility index (Phi) is 4.74. The molecule has 18 heavy (non-hydrogen) atoms. The Balaban J connectivity index is 1.82. The van der Waals surface area contributed by atoms with Crippen molar-refractivity contribution in [2.75, 3.05) is 0 Å².